The van der Waals surface area contributed by atoms with Gasteiger partial charge in [-0.2, -0.15) is 0 Å². The van der Waals surface area contributed by atoms with Crippen molar-refractivity contribution in [2.24, 2.45) is 0 Å². The first-order chi connectivity index (χ1) is 10.1. The van der Waals surface area contributed by atoms with Crippen LogP contribution in [0.4, 0.5) is 11.5 Å². The van der Waals surface area contributed by atoms with Crippen LogP contribution in [-0.4, -0.2) is 34.8 Å². The minimum absolute atomic E-state index is 0.110. The molecule has 2 aromatic heterocycles. The molecule has 0 aliphatic heterocycles. The fourth-order valence-corrected chi connectivity index (χ4v) is 2.43. The first kappa shape index (κ1) is 15.3. The molecule has 0 radical (unpaired) electrons. The van der Waals surface area contributed by atoms with E-state index in [9.17, 15) is 9.59 Å². The van der Waals surface area contributed by atoms with Gasteiger partial charge in [-0.15, -0.1) is 11.3 Å². The standard InChI is InChI=1S/C12H17N5O3S/c1-20-5-4-17-10(13)9(11(18)16-12(17)19)14-3-2-8-6-21-7-15-8/h6-7,14H,2-5,13H2,1H3,(H,16,18,19). The molecule has 0 bridgehead atoms. The number of aromatic nitrogens is 3. The number of anilines is 2. The van der Waals surface area contributed by atoms with E-state index >= 15 is 0 Å². The summed E-state index contributed by atoms with van der Waals surface area (Å²) in [7, 11) is 1.53. The Morgan fingerprint density at radius 3 is 3.00 bits per heavy atom. The topological polar surface area (TPSA) is 115 Å². The normalized spacial score (nSPS) is 10.7. The fourth-order valence-electron chi connectivity index (χ4n) is 1.84. The molecule has 0 saturated carbocycles. The molecule has 0 aliphatic carbocycles. The summed E-state index contributed by atoms with van der Waals surface area (Å²) in [4.78, 5) is 29.9. The molecule has 0 unspecified atom stereocenters. The minimum atomic E-state index is -0.542. The van der Waals surface area contributed by atoms with Crippen LogP contribution in [0.15, 0.2) is 20.5 Å². The number of hydrogen-bond donors (Lipinski definition) is 3. The van der Waals surface area contributed by atoms with E-state index in [0.717, 1.165) is 5.69 Å². The van der Waals surface area contributed by atoms with Gasteiger partial charge >= 0.3 is 5.69 Å². The van der Waals surface area contributed by atoms with Gasteiger partial charge in [-0.3, -0.25) is 14.3 Å². The van der Waals surface area contributed by atoms with Crippen molar-refractivity contribution in [3.63, 3.8) is 0 Å². The van der Waals surface area contributed by atoms with Gasteiger partial charge in [0.05, 0.1) is 24.4 Å². The van der Waals surface area contributed by atoms with Crippen LogP contribution in [0.3, 0.4) is 0 Å². The van der Waals surface area contributed by atoms with E-state index in [4.69, 9.17) is 10.5 Å². The van der Waals surface area contributed by atoms with Crippen LogP contribution in [-0.2, 0) is 17.7 Å². The second-order valence-electron chi connectivity index (χ2n) is 4.32. The van der Waals surface area contributed by atoms with Crippen molar-refractivity contribution in [2.75, 3.05) is 31.3 Å². The summed E-state index contributed by atoms with van der Waals surface area (Å²) in [6.07, 6.45) is 0.666. The van der Waals surface area contributed by atoms with Gasteiger partial charge in [0.2, 0.25) is 0 Å². The van der Waals surface area contributed by atoms with Gasteiger partial charge in [0, 0.05) is 25.5 Å². The first-order valence-electron chi connectivity index (χ1n) is 6.36. The Morgan fingerprint density at radius 2 is 2.33 bits per heavy atom. The van der Waals surface area contributed by atoms with E-state index in [1.807, 2.05) is 5.38 Å². The summed E-state index contributed by atoms with van der Waals surface area (Å²) in [6, 6.07) is 0. The molecule has 0 aromatic carbocycles. The zero-order valence-corrected chi connectivity index (χ0v) is 12.4. The Balaban J connectivity index is 2.14. The number of nitrogens with zero attached hydrogens (tertiary/aromatic N) is 2. The third-order valence-corrected chi connectivity index (χ3v) is 3.56. The molecule has 114 valence electrons. The minimum Gasteiger partial charge on any atom is -0.383 e. The quantitative estimate of drug-likeness (QED) is 0.656. The lowest BCUT2D eigenvalue weighted by atomic mass is 10.3. The van der Waals surface area contributed by atoms with Crippen molar-refractivity contribution in [2.45, 2.75) is 13.0 Å². The van der Waals surface area contributed by atoms with E-state index in [1.54, 1.807) is 5.51 Å². The van der Waals surface area contributed by atoms with Crippen LogP contribution in [0.2, 0.25) is 0 Å². The van der Waals surface area contributed by atoms with Crippen molar-refractivity contribution in [1.82, 2.24) is 14.5 Å². The van der Waals surface area contributed by atoms with Gasteiger partial charge < -0.3 is 15.8 Å². The molecule has 2 heterocycles. The summed E-state index contributed by atoms with van der Waals surface area (Å²) >= 11 is 1.51. The second kappa shape index (κ2) is 7.04. The Hall–Kier alpha value is -2.13. The number of methoxy groups -OCH3 is 1. The maximum atomic E-state index is 11.8. The van der Waals surface area contributed by atoms with Gasteiger partial charge in [0.25, 0.3) is 5.56 Å². The third kappa shape index (κ3) is 3.70. The Bertz CT molecular complexity index is 692. The number of rotatable bonds is 7. The van der Waals surface area contributed by atoms with Crippen molar-refractivity contribution in [3.05, 3.63) is 37.4 Å². The van der Waals surface area contributed by atoms with E-state index in [1.165, 1.54) is 23.0 Å². The fraction of sp³-hybridized carbons (Fsp3) is 0.417. The molecule has 0 amide bonds. The van der Waals surface area contributed by atoms with E-state index < -0.39 is 11.2 Å². The molecular weight excluding hydrogens is 294 g/mol. The SMILES string of the molecule is COCCn1c(N)c(NCCc2cscn2)c(=O)[nH]c1=O. The molecule has 21 heavy (non-hydrogen) atoms. The maximum absolute atomic E-state index is 11.8. The largest absolute Gasteiger partial charge is 0.383 e. The highest BCUT2D eigenvalue weighted by Crippen LogP contribution is 2.10. The molecular formula is C12H17N5O3S. The highest BCUT2D eigenvalue weighted by molar-refractivity contribution is 7.07. The van der Waals surface area contributed by atoms with Crippen molar-refractivity contribution < 1.29 is 4.74 Å². The Kier molecular flexibility index (Phi) is 5.12. The lowest BCUT2D eigenvalue weighted by Gasteiger charge is -2.13. The summed E-state index contributed by atoms with van der Waals surface area (Å²) in [5, 5.41) is 4.90. The zero-order valence-electron chi connectivity index (χ0n) is 11.6. The number of nitrogens with one attached hydrogen (secondary N) is 2. The third-order valence-electron chi connectivity index (χ3n) is 2.93. The van der Waals surface area contributed by atoms with Crippen LogP contribution in [0.25, 0.3) is 0 Å². The maximum Gasteiger partial charge on any atom is 0.330 e. The van der Waals surface area contributed by atoms with Crippen LogP contribution >= 0.6 is 11.3 Å². The summed E-state index contributed by atoms with van der Waals surface area (Å²) in [5.41, 5.74) is 7.72. The average Bonchev–Trinajstić information content (AvgIpc) is 2.95. The second-order valence-corrected chi connectivity index (χ2v) is 5.04. The molecule has 2 rings (SSSR count). The van der Waals surface area contributed by atoms with E-state index in [2.05, 4.69) is 15.3 Å². The molecule has 8 nitrogen and oxygen atoms in total. The molecule has 0 aliphatic rings. The number of H-pyrrole nitrogens is 1. The highest BCUT2D eigenvalue weighted by atomic mass is 32.1. The number of nitrogen functional groups attached to an aromatic ring is 1. The van der Waals surface area contributed by atoms with Crippen molar-refractivity contribution in [1.29, 1.82) is 0 Å². The summed E-state index contributed by atoms with van der Waals surface area (Å²) in [5.74, 6) is 0.110. The van der Waals surface area contributed by atoms with Gasteiger partial charge in [-0.1, -0.05) is 0 Å². The molecule has 9 heteroatoms. The molecule has 0 saturated heterocycles. The number of ether oxygens (including phenoxy) is 1. The van der Waals surface area contributed by atoms with Crippen molar-refractivity contribution >= 4 is 22.8 Å². The van der Waals surface area contributed by atoms with E-state index in [0.29, 0.717) is 19.6 Å². The van der Waals surface area contributed by atoms with Gasteiger partial charge in [-0.25, -0.2) is 9.78 Å². The Labute approximate surface area is 124 Å². The highest BCUT2D eigenvalue weighted by Gasteiger charge is 2.11. The molecule has 2 aromatic rings. The lowest BCUT2D eigenvalue weighted by molar-refractivity contribution is 0.186. The predicted octanol–water partition coefficient (Wildman–Crippen LogP) is -0.124. The van der Waals surface area contributed by atoms with Crippen LogP contribution < -0.4 is 22.3 Å². The predicted molar refractivity (Wildman–Crippen MR) is 81.9 cm³/mol. The first-order valence-corrected chi connectivity index (χ1v) is 7.30. The van der Waals surface area contributed by atoms with Crippen LogP contribution in [0.5, 0.6) is 0 Å². The van der Waals surface area contributed by atoms with Crippen LogP contribution in [0.1, 0.15) is 5.69 Å². The smallest absolute Gasteiger partial charge is 0.330 e. The summed E-state index contributed by atoms with van der Waals surface area (Å²) < 4.78 is 6.20. The monoisotopic (exact) mass is 311 g/mol. The molecule has 0 spiro atoms. The number of nitrogens with two attached hydrogens (primary N) is 1. The number of aromatic amines is 1. The van der Waals surface area contributed by atoms with E-state index in [-0.39, 0.29) is 18.1 Å². The average molecular weight is 311 g/mol. The van der Waals surface area contributed by atoms with Crippen molar-refractivity contribution in [3.8, 4) is 0 Å². The van der Waals surface area contributed by atoms with Crippen LogP contribution in [0, 0.1) is 0 Å². The van der Waals surface area contributed by atoms with Gasteiger partial charge in [0.15, 0.2) is 0 Å². The van der Waals surface area contributed by atoms with Gasteiger partial charge in [-0.05, 0) is 0 Å². The number of hydrogen-bond acceptors (Lipinski definition) is 7. The molecule has 0 fully saturated rings. The lowest BCUT2D eigenvalue weighted by Crippen LogP contribution is -2.35. The molecule has 4 N–H and O–H groups in total. The Morgan fingerprint density at radius 1 is 1.52 bits per heavy atom. The zero-order chi connectivity index (χ0) is 15.2. The van der Waals surface area contributed by atoms with Gasteiger partial charge in [0.1, 0.15) is 11.5 Å². The number of thiazole rings is 1. The summed E-state index contributed by atoms with van der Waals surface area (Å²) in [6.45, 7) is 1.10. The molecule has 0 atom stereocenters.